The average Bonchev–Trinajstić information content (AvgIpc) is 2.77. The molecule has 158 valence electrons. The zero-order chi connectivity index (χ0) is 21.5. The first-order chi connectivity index (χ1) is 14.5. The lowest BCUT2D eigenvalue weighted by atomic mass is 10.2. The van der Waals surface area contributed by atoms with E-state index in [9.17, 15) is 4.79 Å². The van der Waals surface area contributed by atoms with Gasteiger partial charge in [0.15, 0.2) is 11.5 Å². The molecule has 8 nitrogen and oxygen atoms in total. The first-order valence-corrected chi connectivity index (χ1v) is 9.85. The molecule has 1 heterocycles. The number of halogens is 1. The van der Waals surface area contributed by atoms with E-state index in [0.717, 1.165) is 17.3 Å². The Balaban J connectivity index is 1.67. The Bertz CT molecular complexity index is 1010. The van der Waals surface area contributed by atoms with Gasteiger partial charge in [-0.15, -0.1) is 0 Å². The summed E-state index contributed by atoms with van der Waals surface area (Å²) in [6, 6.07) is 10.2. The number of hydrogen-bond donors (Lipinski definition) is 3. The summed E-state index contributed by atoms with van der Waals surface area (Å²) >= 11 is 5.87. The van der Waals surface area contributed by atoms with E-state index in [1.165, 1.54) is 6.33 Å². The topological polar surface area (TPSA) is 97.4 Å². The van der Waals surface area contributed by atoms with Crippen LogP contribution < -0.4 is 25.4 Å². The minimum absolute atomic E-state index is 0.109. The van der Waals surface area contributed by atoms with Gasteiger partial charge in [-0.2, -0.15) is 0 Å². The maximum atomic E-state index is 12.3. The van der Waals surface area contributed by atoms with Gasteiger partial charge in [-0.3, -0.25) is 0 Å². The molecule has 0 fully saturated rings. The fraction of sp³-hybridized carbons (Fsp3) is 0.286. The Morgan fingerprint density at radius 2 is 1.80 bits per heavy atom. The number of benzene rings is 2. The molecule has 0 saturated carbocycles. The summed E-state index contributed by atoms with van der Waals surface area (Å²) in [7, 11) is 3.16. The number of carbonyl (C=O) groups excluding carboxylic acids is 1. The number of ether oxygens (including phenoxy) is 2. The Hall–Kier alpha value is -3.26. The Labute approximate surface area is 180 Å². The van der Waals surface area contributed by atoms with Crippen LogP contribution in [0.15, 0.2) is 42.7 Å². The molecule has 0 bridgehead atoms. The molecule has 0 spiro atoms. The Kier molecular flexibility index (Phi) is 7.13. The highest BCUT2D eigenvalue weighted by molar-refractivity contribution is 6.30. The number of rotatable bonds is 8. The van der Waals surface area contributed by atoms with Crippen molar-refractivity contribution in [1.82, 2.24) is 15.3 Å². The summed E-state index contributed by atoms with van der Waals surface area (Å²) in [5.41, 5.74) is 1.40. The van der Waals surface area contributed by atoms with Crippen LogP contribution in [-0.4, -0.2) is 42.8 Å². The molecule has 9 heteroatoms. The highest BCUT2D eigenvalue weighted by atomic mass is 35.5. The predicted molar refractivity (Wildman–Crippen MR) is 119 cm³/mol. The van der Waals surface area contributed by atoms with Gasteiger partial charge >= 0.3 is 6.03 Å². The first-order valence-electron chi connectivity index (χ1n) is 9.47. The molecular weight excluding hydrogens is 406 g/mol. The van der Waals surface area contributed by atoms with E-state index in [1.807, 2.05) is 13.0 Å². The van der Waals surface area contributed by atoms with Crippen LogP contribution in [0.3, 0.4) is 0 Å². The Morgan fingerprint density at radius 3 is 2.47 bits per heavy atom. The SMILES string of the molecule is CCC(CNc1ncnc2cc(OC)c(OC)cc12)NC(=O)Nc1ccc(Cl)cc1. The molecule has 30 heavy (non-hydrogen) atoms. The second-order valence-corrected chi connectivity index (χ2v) is 6.97. The van der Waals surface area contributed by atoms with Crippen molar-refractivity contribution in [3.05, 3.63) is 47.7 Å². The summed E-state index contributed by atoms with van der Waals surface area (Å²) in [5, 5.41) is 10.5. The van der Waals surface area contributed by atoms with E-state index < -0.39 is 0 Å². The molecule has 0 aliphatic carbocycles. The molecule has 0 aliphatic heterocycles. The molecule has 2 aromatic carbocycles. The average molecular weight is 430 g/mol. The second-order valence-electron chi connectivity index (χ2n) is 6.54. The smallest absolute Gasteiger partial charge is 0.319 e. The van der Waals surface area contributed by atoms with Crippen molar-refractivity contribution < 1.29 is 14.3 Å². The fourth-order valence-corrected chi connectivity index (χ4v) is 3.05. The van der Waals surface area contributed by atoms with Gasteiger partial charge in [-0.1, -0.05) is 18.5 Å². The van der Waals surface area contributed by atoms with Gasteiger partial charge in [0.25, 0.3) is 0 Å². The number of anilines is 2. The number of carbonyl (C=O) groups is 1. The summed E-state index contributed by atoms with van der Waals surface area (Å²) in [6.45, 7) is 2.49. The van der Waals surface area contributed by atoms with E-state index in [0.29, 0.717) is 34.6 Å². The number of hydrogen-bond acceptors (Lipinski definition) is 6. The van der Waals surface area contributed by atoms with Crippen molar-refractivity contribution in [3.8, 4) is 11.5 Å². The number of methoxy groups -OCH3 is 2. The highest BCUT2D eigenvalue weighted by Crippen LogP contribution is 2.33. The van der Waals surface area contributed by atoms with E-state index in [4.69, 9.17) is 21.1 Å². The van der Waals surface area contributed by atoms with Crippen LogP contribution in [0.2, 0.25) is 5.02 Å². The van der Waals surface area contributed by atoms with Crippen molar-refractivity contribution in [1.29, 1.82) is 0 Å². The van der Waals surface area contributed by atoms with Crippen LogP contribution in [0.5, 0.6) is 11.5 Å². The maximum Gasteiger partial charge on any atom is 0.319 e. The molecule has 3 N–H and O–H groups in total. The maximum absolute atomic E-state index is 12.3. The normalized spacial score (nSPS) is 11.6. The van der Waals surface area contributed by atoms with Gasteiger partial charge in [0.05, 0.1) is 19.7 Å². The molecule has 0 radical (unpaired) electrons. The minimum Gasteiger partial charge on any atom is -0.493 e. The molecule has 3 rings (SSSR count). The van der Waals surface area contributed by atoms with Crippen molar-refractivity contribution in [3.63, 3.8) is 0 Å². The van der Waals surface area contributed by atoms with E-state index in [-0.39, 0.29) is 12.1 Å². The Morgan fingerprint density at radius 1 is 1.10 bits per heavy atom. The number of amides is 2. The van der Waals surface area contributed by atoms with E-state index in [2.05, 4.69) is 25.9 Å². The van der Waals surface area contributed by atoms with Gasteiger partial charge in [0, 0.05) is 34.7 Å². The van der Waals surface area contributed by atoms with Crippen LogP contribution in [-0.2, 0) is 0 Å². The largest absolute Gasteiger partial charge is 0.493 e. The summed E-state index contributed by atoms with van der Waals surface area (Å²) < 4.78 is 10.7. The lowest BCUT2D eigenvalue weighted by molar-refractivity contribution is 0.248. The zero-order valence-corrected chi connectivity index (χ0v) is 17.8. The zero-order valence-electron chi connectivity index (χ0n) is 17.0. The number of urea groups is 1. The van der Waals surface area contributed by atoms with Gasteiger partial charge in [-0.25, -0.2) is 14.8 Å². The lowest BCUT2D eigenvalue weighted by Crippen LogP contribution is -2.41. The van der Waals surface area contributed by atoms with Gasteiger partial charge < -0.3 is 25.4 Å². The van der Waals surface area contributed by atoms with Crippen molar-refractivity contribution in [2.24, 2.45) is 0 Å². The fourth-order valence-electron chi connectivity index (χ4n) is 2.93. The third-order valence-corrected chi connectivity index (χ3v) is 4.84. The molecule has 3 aromatic rings. The third kappa shape index (κ3) is 5.21. The molecule has 2 amide bonds. The molecular formula is C21H24ClN5O3. The third-order valence-electron chi connectivity index (χ3n) is 4.59. The van der Waals surface area contributed by atoms with E-state index in [1.54, 1.807) is 44.6 Å². The number of nitrogens with zero attached hydrogens (tertiary/aromatic N) is 2. The molecule has 0 saturated heterocycles. The van der Waals surface area contributed by atoms with Crippen LogP contribution in [0, 0.1) is 0 Å². The van der Waals surface area contributed by atoms with Crippen molar-refractivity contribution in [2.45, 2.75) is 19.4 Å². The molecule has 1 aromatic heterocycles. The second kappa shape index (κ2) is 9.98. The predicted octanol–water partition coefficient (Wildman–Crippen LogP) is 4.31. The van der Waals surface area contributed by atoms with Crippen LogP contribution in [0.4, 0.5) is 16.3 Å². The molecule has 0 aliphatic rings. The van der Waals surface area contributed by atoms with Gasteiger partial charge in [-0.05, 0) is 36.8 Å². The van der Waals surface area contributed by atoms with Crippen LogP contribution in [0.1, 0.15) is 13.3 Å². The van der Waals surface area contributed by atoms with Crippen molar-refractivity contribution >= 4 is 40.0 Å². The molecule has 1 atom stereocenters. The summed E-state index contributed by atoms with van der Waals surface area (Å²) in [5.74, 6) is 1.84. The first kappa shape index (κ1) is 21.4. The summed E-state index contributed by atoms with van der Waals surface area (Å²) in [6.07, 6.45) is 2.22. The van der Waals surface area contributed by atoms with Gasteiger partial charge in [0.2, 0.25) is 0 Å². The standard InChI is InChI=1S/C21H24ClN5O3/c1-4-14(26-21(28)27-15-7-5-13(22)6-8-15)11-23-20-16-9-18(29-2)19(30-3)10-17(16)24-12-25-20/h5-10,12,14H,4,11H2,1-3H3,(H,23,24,25)(H2,26,27,28). The minimum atomic E-state index is -0.287. The van der Waals surface area contributed by atoms with E-state index >= 15 is 0 Å². The van der Waals surface area contributed by atoms with Crippen LogP contribution >= 0.6 is 11.6 Å². The summed E-state index contributed by atoms with van der Waals surface area (Å²) in [4.78, 5) is 20.9. The van der Waals surface area contributed by atoms with Crippen LogP contribution in [0.25, 0.3) is 10.9 Å². The highest BCUT2D eigenvalue weighted by Gasteiger charge is 2.14. The quantitative estimate of drug-likeness (QED) is 0.493. The number of fused-ring (bicyclic) bond motifs is 1. The molecule has 1 unspecified atom stereocenters. The van der Waals surface area contributed by atoms with Crippen molar-refractivity contribution in [2.75, 3.05) is 31.4 Å². The van der Waals surface area contributed by atoms with Gasteiger partial charge in [0.1, 0.15) is 12.1 Å². The number of nitrogens with one attached hydrogen (secondary N) is 3. The number of aromatic nitrogens is 2. The monoisotopic (exact) mass is 429 g/mol. The lowest BCUT2D eigenvalue weighted by Gasteiger charge is -2.19.